The molecule has 3 atom stereocenters. The molecule has 0 saturated carbocycles. The van der Waals surface area contributed by atoms with Gasteiger partial charge in [0.15, 0.2) is 6.29 Å². The molecular formula is C15H17NO5. The molecule has 0 radical (unpaired) electrons. The molecule has 0 unspecified atom stereocenters. The molecule has 0 spiro atoms. The lowest BCUT2D eigenvalue weighted by molar-refractivity contribution is -0.190. The third-order valence-corrected chi connectivity index (χ3v) is 3.91. The van der Waals surface area contributed by atoms with Crippen molar-refractivity contribution in [3.63, 3.8) is 0 Å². The number of imide groups is 1. The van der Waals surface area contributed by atoms with E-state index in [1.807, 2.05) is 0 Å². The van der Waals surface area contributed by atoms with Gasteiger partial charge in [0.05, 0.1) is 23.3 Å². The van der Waals surface area contributed by atoms with Gasteiger partial charge in [-0.05, 0) is 25.0 Å². The Kier molecular flexibility index (Phi) is 3.75. The van der Waals surface area contributed by atoms with Crippen LogP contribution in [0.15, 0.2) is 24.3 Å². The van der Waals surface area contributed by atoms with Gasteiger partial charge in [0.2, 0.25) is 0 Å². The summed E-state index contributed by atoms with van der Waals surface area (Å²) in [6.07, 6.45) is -0.946. The van der Waals surface area contributed by atoms with E-state index in [1.54, 1.807) is 24.3 Å². The largest absolute Gasteiger partial charge is 0.393 e. The van der Waals surface area contributed by atoms with E-state index in [2.05, 4.69) is 0 Å². The number of aliphatic hydroxyl groups is 2. The monoisotopic (exact) mass is 291 g/mol. The molecule has 1 fully saturated rings. The third-order valence-electron chi connectivity index (χ3n) is 3.91. The van der Waals surface area contributed by atoms with Crippen LogP contribution in [0.5, 0.6) is 0 Å². The zero-order chi connectivity index (χ0) is 15.0. The number of rotatable bonds is 3. The predicted octanol–water partition coefficient (Wildman–Crippen LogP) is 0.531. The highest BCUT2D eigenvalue weighted by Crippen LogP contribution is 2.25. The van der Waals surface area contributed by atoms with E-state index in [4.69, 9.17) is 4.74 Å². The SMILES string of the molecule is O=C1c2ccccc2C(=O)N1CC[C@H]1C[C@@H](O)C[C@@H](O)O1. The Labute approximate surface area is 121 Å². The summed E-state index contributed by atoms with van der Waals surface area (Å²) in [6.45, 7) is 0.219. The summed E-state index contributed by atoms with van der Waals surface area (Å²) < 4.78 is 5.31. The summed E-state index contributed by atoms with van der Waals surface area (Å²) in [5.41, 5.74) is 0.847. The summed E-state index contributed by atoms with van der Waals surface area (Å²) >= 11 is 0. The zero-order valence-corrected chi connectivity index (χ0v) is 11.4. The van der Waals surface area contributed by atoms with Crippen molar-refractivity contribution in [2.75, 3.05) is 6.54 Å². The minimum absolute atomic E-state index is 0.198. The number of hydrogen-bond donors (Lipinski definition) is 2. The van der Waals surface area contributed by atoms with E-state index in [1.165, 1.54) is 4.90 Å². The number of nitrogens with zero attached hydrogens (tertiary/aromatic N) is 1. The molecule has 0 aromatic heterocycles. The summed E-state index contributed by atoms with van der Waals surface area (Å²) in [4.78, 5) is 25.5. The molecule has 1 aromatic rings. The lowest BCUT2D eigenvalue weighted by Crippen LogP contribution is -2.39. The Balaban J connectivity index is 1.64. The van der Waals surface area contributed by atoms with E-state index in [0.29, 0.717) is 24.0 Å². The number of ether oxygens (including phenoxy) is 1. The standard InChI is InChI=1S/C15H17NO5/c17-9-7-10(21-13(18)8-9)5-6-16-14(19)11-3-1-2-4-12(11)15(16)20/h1-4,9-10,13,17-18H,5-8H2/t9-,10+,13+/m1/s1. The number of carbonyl (C=O) groups is 2. The van der Waals surface area contributed by atoms with Crippen molar-refractivity contribution < 1.29 is 24.5 Å². The normalized spacial score (nSPS) is 28.9. The summed E-state index contributed by atoms with van der Waals surface area (Å²) in [6, 6.07) is 6.73. The Bertz CT molecular complexity index is 528. The van der Waals surface area contributed by atoms with Crippen LogP contribution in [0.1, 0.15) is 40.0 Å². The molecule has 2 heterocycles. The van der Waals surface area contributed by atoms with Crippen molar-refractivity contribution in [2.24, 2.45) is 0 Å². The van der Waals surface area contributed by atoms with E-state index in [9.17, 15) is 19.8 Å². The third kappa shape index (κ3) is 2.70. The van der Waals surface area contributed by atoms with Crippen molar-refractivity contribution in [1.82, 2.24) is 4.90 Å². The Morgan fingerprint density at radius 2 is 1.71 bits per heavy atom. The van der Waals surface area contributed by atoms with Crippen molar-refractivity contribution in [3.05, 3.63) is 35.4 Å². The first-order chi connectivity index (χ1) is 10.1. The predicted molar refractivity (Wildman–Crippen MR) is 72.5 cm³/mol. The molecular weight excluding hydrogens is 274 g/mol. The first-order valence-electron chi connectivity index (χ1n) is 7.03. The lowest BCUT2D eigenvalue weighted by atomic mass is 10.0. The van der Waals surface area contributed by atoms with Crippen LogP contribution in [0.2, 0.25) is 0 Å². The van der Waals surface area contributed by atoms with E-state index in [0.717, 1.165) is 0 Å². The Hall–Kier alpha value is -1.76. The minimum Gasteiger partial charge on any atom is -0.393 e. The molecule has 2 N–H and O–H groups in total. The minimum atomic E-state index is -0.985. The molecule has 2 aliphatic heterocycles. The van der Waals surface area contributed by atoms with Gasteiger partial charge in [0.25, 0.3) is 11.8 Å². The molecule has 1 aromatic carbocycles. The smallest absolute Gasteiger partial charge is 0.261 e. The van der Waals surface area contributed by atoms with Crippen molar-refractivity contribution in [2.45, 2.75) is 37.8 Å². The number of aliphatic hydroxyl groups excluding tert-OH is 2. The highest BCUT2D eigenvalue weighted by Gasteiger charge is 2.36. The topological polar surface area (TPSA) is 87.1 Å². The number of carbonyl (C=O) groups excluding carboxylic acids is 2. The van der Waals surface area contributed by atoms with Gasteiger partial charge in [-0.1, -0.05) is 12.1 Å². The number of fused-ring (bicyclic) bond motifs is 1. The van der Waals surface area contributed by atoms with Gasteiger partial charge in [0, 0.05) is 13.0 Å². The summed E-state index contributed by atoms with van der Waals surface area (Å²) in [5, 5.41) is 19.1. The maximum Gasteiger partial charge on any atom is 0.261 e. The van der Waals surface area contributed by atoms with Gasteiger partial charge in [-0.15, -0.1) is 0 Å². The zero-order valence-electron chi connectivity index (χ0n) is 11.4. The maximum absolute atomic E-state index is 12.2. The molecule has 6 heteroatoms. The second kappa shape index (κ2) is 5.55. The van der Waals surface area contributed by atoms with Crippen LogP contribution < -0.4 is 0 Å². The maximum atomic E-state index is 12.2. The van der Waals surface area contributed by atoms with Crippen molar-refractivity contribution in [3.8, 4) is 0 Å². The molecule has 2 amide bonds. The summed E-state index contributed by atoms with van der Waals surface area (Å²) in [5.74, 6) is -0.597. The van der Waals surface area contributed by atoms with E-state index in [-0.39, 0.29) is 30.9 Å². The molecule has 0 aliphatic carbocycles. The van der Waals surface area contributed by atoms with Crippen LogP contribution in [0, 0.1) is 0 Å². The summed E-state index contributed by atoms with van der Waals surface area (Å²) in [7, 11) is 0. The molecule has 1 saturated heterocycles. The van der Waals surface area contributed by atoms with Gasteiger partial charge in [0.1, 0.15) is 0 Å². The molecule has 2 aliphatic rings. The second-order valence-corrected chi connectivity index (χ2v) is 5.43. The van der Waals surface area contributed by atoms with Crippen LogP contribution in [0.3, 0.4) is 0 Å². The first-order valence-corrected chi connectivity index (χ1v) is 7.03. The number of benzene rings is 1. The number of amides is 2. The second-order valence-electron chi connectivity index (χ2n) is 5.43. The first kappa shape index (κ1) is 14.2. The molecule has 0 bridgehead atoms. The van der Waals surface area contributed by atoms with Crippen LogP contribution in [-0.2, 0) is 4.74 Å². The van der Waals surface area contributed by atoms with Crippen LogP contribution >= 0.6 is 0 Å². The quantitative estimate of drug-likeness (QED) is 0.793. The average molecular weight is 291 g/mol. The van der Waals surface area contributed by atoms with Crippen molar-refractivity contribution in [1.29, 1.82) is 0 Å². The fourth-order valence-electron chi connectivity index (χ4n) is 2.87. The van der Waals surface area contributed by atoms with Gasteiger partial charge < -0.3 is 14.9 Å². The average Bonchev–Trinajstić information content (AvgIpc) is 2.69. The number of hydrogen-bond acceptors (Lipinski definition) is 5. The fraction of sp³-hybridized carbons (Fsp3) is 0.467. The Morgan fingerprint density at radius 3 is 2.29 bits per heavy atom. The van der Waals surface area contributed by atoms with E-state index < -0.39 is 12.4 Å². The van der Waals surface area contributed by atoms with E-state index >= 15 is 0 Å². The van der Waals surface area contributed by atoms with Gasteiger partial charge in [-0.2, -0.15) is 0 Å². The van der Waals surface area contributed by atoms with Crippen molar-refractivity contribution >= 4 is 11.8 Å². The Morgan fingerprint density at radius 1 is 1.10 bits per heavy atom. The molecule has 112 valence electrons. The van der Waals surface area contributed by atoms with Gasteiger partial charge in [-0.3, -0.25) is 14.5 Å². The highest BCUT2D eigenvalue weighted by molar-refractivity contribution is 6.21. The van der Waals surface area contributed by atoms with Crippen LogP contribution in [-0.4, -0.2) is 52.0 Å². The fourth-order valence-corrected chi connectivity index (χ4v) is 2.87. The van der Waals surface area contributed by atoms with Crippen LogP contribution in [0.4, 0.5) is 0 Å². The van der Waals surface area contributed by atoms with Crippen LogP contribution in [0.25, 0.3) is 0 Å². The molecule has 3 rings (SSSR count). The molecule has 6 nitrogen and oxygen atoms in total. The molecule has 21 heavy (non-hydrogen) atoms. The lowest BCUT2D eigenvalue weighted by Gasteiger charge is -2.31. The highest BCUT2D eigenvalue weighted by atomic mass is 16.6. The van der Waals surface area contributed by atoms with Gasteiger partial charge in [-0.25, -0.2) is 0 Å². The van der Waals surface area contributed by atoms with Gasteiger partial charge >= 0.3 is 0 Å².